The highest BCUT2D eigenvalue weighted by molar-refractivity contribution is 5.91. The van der Waals surface area contributed by atoms with Crippen LogP contribution in [0.5, 0.6) is 11.6 Å². The Hall–Kier alpha value is -4.41. The van der Waals surface area contributed by atoms with Crippen LogP contribution in [0.3, 0.4) is 0 Å². The lowest BCUT2D eigenvalue weighted by Crippen LogP contribution is -2.57. The number of benzene rings is 2. The molecule has 2 N–H and O–H groups in total. The molecule has 2 heterocycles. The molecule has 11 nitrogen and oxygen atoms in total. The van der Waals surface area contributed by atoms with Crippen molar-refractivity contribution < 1.29 is 33.7 Å². The van der Waals surface area contributed by atoms with Crippen LogP contribution in [-0.2, 0) is 14.3 Å². The maximum atomic E-state index is 13.8. The standard InChI is InChI=1S/C31H38N4O7/c1-30(2,3)24(33-29(39)42-31(4,5)6)27(36)35-17-20(16-23(35)28(37)38)41-26-21-15-19(40-7)13-14-22(21)32-25(34-26)18-11-9-8-10-12-18/h8-15,20,23-24H,16-17H2,1-7H3,(H,33,39)(H,37,38)/t20-,23?,24?/m1/s1. The number of aromatic nitrogens is 2. The lowest BCUT2D eigenvalue weighted by atomic mass is 9.85. The third-order valence-corrected chi connectivity index (χ3v) is 6.78. The summed E-state index contributed by atoms with van der Waals surface area (Å²) in [5, 5.41) is 13.3. The third kappa shape index (κ3) is 7.07. The molecule has 2 unspecified atom stereocenters. The van der Waals surface area contributed by atoms with E-state index in [1.807, 2.05) is 30.3 Å². The fourth-order valence-electron chi connectivity index (χ4n) is 4.77. The Morgan fingerprint density at radius 3 is 2.31 bits per heavy atom. The molecule has 1 fully saturated rings. The van der Waals surface area contributed by atoms with Crippen LogP contribution >= 0.6 is 0 Å². The minimum atomic E-state index is -1.17. The van der Waals surface area contributed by atoms with Crippen molar-refractivity contribution in [3.05, 3.63) is 48.5 Å². The van der Waals surface area contributed by atoms with Crippen molar-refractivity contribution in [2.24, 2.45) is 5.41 Å². The van der Waals surface area contributed by atoms with E-state index >= 15 is 0 Å². The highest BCUT2D eigenvalue weighted by Crippen LogP contribution is 2.33. The molecule has 2 aromatic carbocycles. The van der Waals surface area contributed by atoms with Crippen LogP contribution in [0.1, 0.15) is 48.0 Å². The zero-order valence-corrected chi connectivity index (χ0v) is 25.0. The molecule has 2 amide bonds. The molecule has 11 heteroatoms. The number of methoxy groups -OCH3 is 1. The number of carbonyl (C=O) groups excluding carboxylic acids is 2. The number of carboxylic acids is 1. The van der Waals surface area contributed by atoms with Gasteiger partial charge in [0.05, 0.1) is 24.6 Å². The van der Waals surface area contributed by atoms with Crippen LogP contribution in [0, 0.1) is 5.41 Å². The maximum Gasteiger partial charge on any atom is 0.408 e. The summed E-state index contributed by atoms with van der Waals surface area (Å²) in [6.45, 7) is 10.5. The van der Waals surface area contributed by atoms with Crippen LogP contribution in [-0.4, -0.2) is 75.4 Å². The highest BCUT2D eigenvalue weighted by atomic mass is 16.6. The van der Waals surface area contributed by atoms with Gasteiger partial charge in [0, 0.05) is 12.0 Å². The first-order valence-electron chi connectivity index (χ1n) is 13.8. The SMILES string of the molecule is COc1ccc2nc(-c3ccccc3)nc(O[C@@H]3CC(C(=O)O)N(C(=O)C(NC(=O)OC(C)(C)C)C(C)(C)C)C3)c2c1. The summed E-state index contributed by atoms with van der Waals surface area (Å²) in [5.41, 5.74) is -0.101. The van der Waals surface area contributed by atoms with Gasteiger partial charge < -0.3 is 29.5 Å². The molecule has 1 aromatic heterocycles. The Bertz CT molecular complexity index is 1460. The van der Waals surface area contributed by atoms with Gasteiger partial charge in [0.1, 0.15) is 29.5 Å². The van der Waals surface area contributed by atoms with Crippen molar-refractivity contribution in [3.8, 4) is 23.0 Å². The van der Waals surface area contributed by atoms with E-state index in [1.165, 1.54) is 4.90 Å². The van der Waals surface area contributed by atoms with Gasteiger partial charge in [-0.05, 0) is 44.4 Å². The molecule has 4 rings (SSSR count). The average molecular weight is 579 g/mol. The van der Waals surface area contributed by atoms with Crippen LogP contribution in [0.25, 0.3) is 22.3 Å². The molecule has 0 spiro atoms. The van der Waals surface area contributed by atoms with E-state index in [1.54, 1.807) is 66.9 Å². The molecular weight excluding hydrogens is 540 g/mol. The summed E-state index contributed by atoms with van der Waals surface area (Å²) < 4.78 is 17.1. The number of alkyl carbamates (subject to hydrolysis) is 1. The Morgan fingerprint density at radius 2 is 1.71 bits per heavy atom. The average Bonchev–Trinajstić information content (AvgIpc) is 3.34. The first kappa shape index (κ1) is 30.5. The summed E-state index contributed by atoms with van der Waals surface area (Å²) in [6, 6.07) is 12.6. The quantitative estimate of drug-likeness (QED) is 0.409. The number of aliphatic carboxylic acids is 1. The van der Waals surface area contributed by atoms with E-state index in [-0.39, 0.29) is 18.8 Å². The second kappa shape index (κ2) is 11.8. The van der Waals surface area contributed by atoms with Crippen LogP contribution in [0.2, 0.25) is 0 Å². The second-order valence-electron chi connectivity index (χ2n) is 12.4. The van der Waals surface area contributed by atoms with Crippen LogP contribution in [0.15, 0.2) is 48.5 Å². The molecule has 1 saturated heterocycles. The Labute approximate surface area is 245 Å². The van der Waals surface area contributed by atoms with Gasteiger partial charge in [-0.25, -0.2) is 14.6 Å². The summed E-state index contributed by atoms with van der Waals surface area (Å²) >= 11 is 0. The lowest BCUT2D eigenvalue weighted by Gasteiger charge is -2.35. The number of nitrogens with one attached hydrogen (secondary N) is 1. The van der Waals surface area contributed by atoms with Gasteiger partial charge >= 0.3 is 12.1 Å². The van der Waals surface area contributed by atoms with E-state index in [2.05, 4.69) is 15.3 Å². The molecular formula is C31H38N4O7. The zero-order valence-electron chi connectivity index (χ0n) is 25.0. The zero-order chi connectivity index (χ0) is 30.8. The second-order valence-corrected chi connectivity index (χ2v) is 12.4. The molecule has 3 aromatic rings. The van der Waals surface area contributed by atoms with Crippen molar-refractivity contribution in [2.75, 3.05) is 13.7 Å². The predicted octanol–water partition coefficient (Wildman–Crippen LogP) is 4.68. The number of hydrogen-bond donors (Lipinski definition) is 2. The molecule has 0 bridgehead atoms. The van der Waals surface area contributed by atoms with Gasteiger partial charge in [-0.15, -0.1) is 0 Å². The molecule has 0 saturated carbocycles. The summed E-state index contributed by atoms with van der Waals surface area (Å²) in [6.07, 6.45) is -1.42. The number of carbonyl (C=O) groups is 3. The number of likely N-dealkylation sites (tertiary alicyclic amines) is 1. The van der Waals surface area contributed by atoms with E-state index < -0.39 is 47.2 Å². The van der Waals surface area contributed by atoms with Crippen molar-refractivity contribution in [1.29, 1.82) is 0 Å². The normalized spacial score (nSPS) is 17.9. The van der Waals surface area contributed by atoms with Crippen molar-refractivity contribution >= 4 is 28.9 Å². The lowest BCUT2D eigenvalue weighted by molar-refractivity contribution is -0.150. The number of fused-ring (bicyclic) bond motifs is 1. The van der Waals surface area contributed by atoms with Gasteiger partial charge in [0.2, 0.25) is 11.8 Å². The number of amides is 2. The largest absolute Gasteiger partial charge is 0.497 e. The number of hydrogen-bond acceptors (Lipinski definition) is 8. The van der Waals surface area contributed by atoms with E-state index in [9.17, 15) is 19.5 Å². The number of ether oxygens (including phenoxy) is 3. The van der Waals surface area contributed by atoms with Gasteiger partial charge in [0.15, 0.2) is 5.82 Å². The van der Waals surface area contributed by atoms with Gasteiger partial charge in [-0.3, -0.25) is 4.79 Å². The molecule has 0 radical (unpaired) electrons. The third-order valence-electron chi connectivity index (χ3n) is 6.78. The van der Waals surface area contributed by atoms with Crippen molar-refractivity contribution in [3.63, 3.8) is 0 Å². The summed E-state index contributed by atoms with van der Waals surface area (Å²) in [4.78, 5) is 49.4. The molecule has 3 atom stereocenters. The number of nitrogens with zero attached hydrogens (tertiary/aromatic N) is 3. The van der Waals surface area contributed by atoms with Gasteiger partial charge in [-0.1, -0.05) is 51.1 Å². The predicted molar refractivity (Wildman–Crippen MR) is 156 cm³/mol. The molecule has 42 heavy (non-hydrogen) atoms. The molecule has 1 aliphatic heterocycles. The van der Waals surface area contributed by atoms with E-state index in [0.29, 0.717) is 22.5 Å². The summed E-state index contributed by atoms with van der Waals surface area (Å²) in [5.74, 6) is -0.431. The number of carboxylic acid groups (broad SMARTS) is 1. The van der Waals surface area contributed by atoms with Crippen molar-refractivity contribution in [2.45, 2.75) is 71.8 Å². The van der Waals surface area contributed by atoms with E-state index in [0.717, 1.165) is 5.56 Å². The minimum Gasteiger partial charge on any atom is -0.497 e. The van der Waals surface area contributed by atoms with E-state index in [4.69, 9.17) is 14.2 Å². The molecule has 0 aliphatic carbocycles. The monoisotopic (exact) mass is 578 g/mol. The summed E-state index contributed by atoms with van der Waals surface area (Å²) in [7, 11) is 1.55. The van der Waals surface area contributed by atoms with Gasteiger partial charge in [0.25, 0.3) is 0 Å². The fourth-order valence-corrected chi connectivity index (χ4v) is 4.77. The topological polar surface area (TPSA) is 140 Å². The van der Waals surface area contributed by atoms with Crippen molar-refractivity contribution in [1.82, 2.24) is 20.2 Å². The van der Waals surface area contributed by atoms with Gasteiger partial charge in [-0.2, -0.15) is 4.98 Å². The highest BCUT2D eigenvalue weighted by Gasteiger charge is 2.46. The fraction of sp³-hybridized carbons (Fsp3) is 0.452. The minimum absolute atomic E-state index is 0.0193. The Balaban J connectivity index is 1.65. The Morgan fingerprint density at radius 1 is 1.02 bits per heavy atom. The van der Waals surface area contributed by atoms with Crippen LogP contribution < -0.4 is 14.8 Å². The maximum absolute atomic E-state index is 13.8. The van der Waals surface area contributed by atoms with Crippen LogP contribution in [0.4, 0.5) is 4.79 Å². The first-order chi connectivity index (χ1) is 19.7. The molecule has 1 aliphatic rings. The first-order valence-corrected chi connectivity index (χ1v) is 13.8. The molecule has 224 valence electrons. The number of rotatable bonds is 7. The smallest absolute Gasteiger partial charge is 0.408 e. The Kier molecular flexibility index (Phi) is 8.60.